The van der Waals surface area contributed by atoms with Gasteiger partial charge in [-0.2, -0.15) is 5.10 Å². The summed E-state index contributed by atoms with van der Waals surface area (Å²) in [6, 6.07) is 6.05. The van der Waals surface area contributed by atoms with Crippen LogP contribution in [-0.2, 0) is 19.0 Å². The summed E-state index contributed by atoms with van der Waals surface area (Å²) < 4.78 is 18.7. The lowest BCUT2D eigenvalue weighted by Crippen LogP contribution is -2.52. The van der Waals surface area contributed by atoms with Crippen molar-refractivity contribution in [2.45, 2.75) is 57.7 Å². The van der Waals surface area contributed by atoms with Gasteiger partial charge in [-0.3, -0.25) is 14.4 Å². The molecule has 1 aromatic heterocycles. The van der Waals surface area contributed by atoms with Crippen LogP contribution in [0.2, 0.25) is 0 Å². The lowest BCUT2D eigenvalue weighted by atomic mass is 10.0. The van der Waals surface area contributed by atoms with Crippen molar-refractivity contribution < 1.29 is 23.8 Å². The normalized spacial score (nSPS) is 21.9. The molecule has 9 nitrogen and oxygen atoms in total. The van der Waals surface area contributed by atoms with E-state index in [1.54, 1.807) is 16.7 Å². The lowest BCUT2D eigenvalue weighted by Gasteiger charge is -2.41. The third-order valence-electron chi connectivity index (χ3n) is 6.91. The van der Waals surface area contributed by atoms with Crippen LogP contribution in [-0.4, -0.2) is 66.9 Å². The molecule has 2 amide bonds. The third-order valence-corrected chi connectivity index (χ3v) is 6.91. The van der Waals surface area contributed by atoms with Gasteiger partial charge in [-0.25, -0.2) is 4.79 Å². The van der Waals surface area contributed by atoms with Gasteiger partial charge in [0.2, 0.25) is 5.91 Å². The van der Waals surface area contributed by atoms with Crippen molar-refractivity contribution in [3.05, 3.63) is 30.6 Å². The monoisotopic (exact) mass is 468 g/mol. The molecule has 0 N–H and O–H groups in total. The largest absolute Gasteiger partial charge is 0.446 e. The summed E-state index contributed by atoms with van der Waals surface area (Å²) in [5.74, 6) is -0.0497. The van der Waals surface area contributed by atoms with Crippen LogP contribution in [0.5, 0.6) is 0 Å². The first-order valence-electron chi connectivity index (χ1n) is 12.1. The van der Waals surface area contributed by atoms with E-state index in [9.17, 15) is 9.59 Å². The molecular formula is C25H32N4O5. The number of hydrogen-bond donors (Lipinski definition) is 0. The molecule has 5 rings (SSSR count). The van der Waals surface area contributed by atoms with Crippen molar-refractivity contribution in [2.75, 3.05) is 42.8 Å². The molecule has 4 heterocycles. The van der Waals surface area contributed by atoms with Crippen LogP contribution in [0, 0.1) is 0 Å². The molecule has 182 valence electrons. The predicted molar refractivity (Wildman–Crippen MR) is 127 cm³/mol. The molecular weight excluding hydrogens is 436 g/mol. The Labute approximate surface area is 199 Å². The molecule has 0 radical (unpaired) electrons. The standard InChI is InChI=1S/C25H32N4O5/c1-17-15-27(25(31)34-22-7-11-33-12-8-22)24-13-19(3-4-23(24)29(17)18(2)30)20-14-26-28(16-20)21-5-9-32-10-6-21/h3-4,13-14,16-17,21-22H,5-12,15H2,1-2H3/t17-/m0/s1. The van der Waals surface area contributed by atoms with Gasteiger partial charge in [0.25, 0.3) is 0 Å². The van der Waals surface area contributed by atoms with Gasteiger partial charge in [0.05, 0.1) is 42.9 Å². The zero-order valence-corrected chi connectivity index (χ0v) is 19.8. The minimum atomic E-state index is -0.377. The van der Waals surface area contributed by atoms with Gasteiger partial charge in [0.1, 0.15) is 6.10 Å². The van der Waals surface area contributed by atoms with Crippen molar-refractivity contribution in [3.63, 3.8) is 0 Å². The number of rotatable bonds is 3. The Bertz CT molecular complexity index is 1040. The molecule has 0 aliphatic carbocycles. The Balaban J connectivity index is 1.45. The molecule has 0 unspecified atom stereocenters. The second-order valence-corrected chi connectivity index (χ2v) is 9.30. The Kier molecular flexibility index (Phi) is 6.56. The molecule has 1 aromatic carbocycles. The van der Waals surface area contributed by atoms with E-state index in [0.717, 1.165) is 42.9 Å². The van der Waals surface area contributed by atoms with Gasteiger partial charge < -0.3 is 19.1 Å². The highest BCUT2D eigenvalue weighted by Crippen LogP contribution is 2.39. The molecule has 34 heavy (non-hydrogen) atoms. The summed E-state index contributed by atoms with van der Waals surface area (Å²) >= 11 is 0. The number of fused-ring (bicyclic) bond motifs is 1. The van der Waals surface area contributed by atoms with E-state index < -0.39 is 0 Å². The fraction of sp³-hybridized carbons (Fsp3) is 0.560. The van der Waals surface area contributed by atoms with E-state index >= 15 is 0 Å². The molecule has 9 heteroatoms. The predicted octanol–water partition coefficient (Wildman–Crippen LogP) is 3.78. The number of amides is 2. The molecule has 2 saturated heterocycles. The number of carbonyl (C=O) groups excluding carboxylic acids is 2. The van der Waals surface area contributed by atoms with Crippen molar-refractivity contribution in [1.82, 2.24) is 9.78 Å². The molecule has 2 aromatic rings. The first-order chi connectivity index (χ1) is 16.5. The van der Waals surface area contributed by atoms with E-state index in [1.807, 2.05) is 36.0 Å². The summed E-state index contributed by atoms with van der Waals surface area (Å²) in [7, 11) is 0. The van der Waals surface area contributed by atoms with Gasteiger partial charge in [0.15, 0.2) is 0 Å². The van der Waals surface area contributed by atoms with Gasteiger partial charge >= 0.3 is 6.09 Å². The van der Waals surface area contributed by atoms with Crippen LogP contribution in [0.15, 0.2) is 30.6 Å². The summed E-state index contributed by atoms with van der Waals surface area (Å²) in [6.45, 7) is 6.59. The number of hydrogen-bond acceptors (Lipinski definition) is 6. The summed E-state index contributed by atoms with van der Waals surface area (Å²) in [5, 5.41) is 4.59. The highest BCUT2D eigenvalue weighted by Gasteiger charge is 2.35. The zero-order chi connectivity index (χ0) is 23.7. The second-order valence-electron chi connectivity index (χ2n) is 9.30. The van der Waals surface area contributed by atoms with Crippen molar-refractivity contribution in [3.8, 4) is 11.1 Å². The van der Waals surface area contributed by atoms with Gasteiger partial charge in [-0.1, -0.05) is 6.07 Å². The first-order valence-corrected chi connectivity index (χ1v) is 12.1. The zero-order valence-electron chi connectivity index (χ0n) is 19.8. The number of benzene rings is 1. The van der Waals surface area contributed by atoms with Crippen molar-refractivity contribution >= 4 is 23.4 Å². The smallest absolute Gasteiger partial charge is 0.414 e. The van der Waals surface area contributed by atoms with Gasteiger partial charge in [0, 0.05) is 51.3 Å². The lowest BCUT2D eigenvalue weighted by molar-refractivity contribution is -0.117. The molecule has 1 atom stereocenters. The van der Waals surface area contributed by atoms with Crippen molar-refractivity contribution in [2.24, 2.45) is 0 Å². The molecule has 3 aliphatic rings. The van der Waals surface area contributed by atoms with Gasteiger partial charge in [-0.15, -0.1) is 0 Å². The minimum Gasteiger partial charge on any atom is -0.446 e. The fourth-order valence-corrected chi connectivity index (χ4v) is 5.09. The van der Waals surface area contributed by atoms with E-state index in [-0.39, 0.29) is 24.1 Å². The van der Waals surface area contributed by atoms with E-state index in [1.165, 1.54) is 0 Å². The third kappa shape index (κ3) is 4.54. The molecule has 2 fully saturated rings. The second kappa shape index (κ2) is 9.76. The number of ether oxygens (including phenoxy) is 3. The maximum Gasteiger partial charge on any atom is 0.414 e. The van der Waals surface area contributed by atoms with E-state index in [2.05, 4.69) is 11.3 Å². The maximum atomic E-state index is 13.2. The topological polar surface area (TPSA) is 86.1 Å². The van der Waals surface area contributed by atoms with Crippen LogP contribution in [0.3, 0.4) is 0 Å². The SMILES string of the molecule is CC(=O)N1c2ccc(-c3cnn(C4CCOCC4)c3)cc2N(C(=O)OC2CCOCC2)C[C@@H]1C. The Morgan fingerprint density at radius 1 is 1.00 bits per heavy atom. The number of aromatic nitrogens is 2. The summed E-state index contributed by atoms with van der Waals surface area (Å²) in [6.07, 6.45) is 6.68. The quantitative estimate of drug-likeness (QED) is 0.682. The number of nitrogens with zero attached hydrogens (tertiary/aromatic N) is 4. The maximum absolute atomic E-state index is 13.2. The average molecular weight is 469 g/mol. The van der Waals surface area contributed by atoms with E-state index in [0.29, 0.717) is 44.3 Å². The van der Waals surface area contributed by atoms with Crippen LogP contribution < -0.4 is 9.80 Å². The van der Waals surface area contributed by atoms with E-state index in [4.69, 9.17) is 14.2 Å². The molecule has 0 saturated carbocycles. The van der Waals surface area contributed by atoms with Crippen LogP contribution >= 0.6 is 0 Å². The van der Waals surface area contributed by atoms with Crippen molar-refractivity contribution in [1.29, 1.82) is 0 Å². The van der Waals surface area contributed by atoms with Crippen LogP contribution in [0.25, 0.3) is 11.1 Å². The highest BCUT2D eigenvalue weighted by molar-refractivity contribution is 6.03. The Hall–Kier alpha value is -2.91. The highest BCUT2D eigenvalue weighted by atomic mass is 16.6. The number of anilines is 2. The minimum absolute atomic E-state index is 0.0497. The Morgan fingerprint density at radius 3 is 2.41 bits per heavy atom. The van der Waals surface area contributed by atoms with Gasteiger partial charge in [-0.05, 0) is 37.5 Å². The van der Waals surface area contributed by atoms with Crippen LogP contribution in [0.1, 0.15) is 45.6 Å². The van der Waals surface area contributed by atoms with Crippen LogP contribution in [0.4, 0.5) is 16.2 Å². The first kappa shape index (κ1) is 22.9. The summed E-state index contributed by atoms with van der Waals surface area (Å²) in [5.41, 5.74) is 3.32. The average Bonchev–Trinajstić information content (AvgIpc) is 3.34. The molecule has 3 aliphatic heterocycles. The summed E-state index contributed by atoms with van der Waals surface area (Å²) in [4.78, 5) is 29.1. The molecule has 0 spiro atoms. The Morgan fingerprint density at radius 2 is 1.71 bits per heavy atom. The fourth-order valence-electron chi connectivity index (χ4n) is 5.09. The molecule has 0 bridgehead atoms. The number of carbonyl (C=O) groups is 2.